The van der Waals surface area contributed by atoms with Gasteiger partial charge in [0, 0.05) is 18.2 Å². The monoisotopic (exact) mass is 289 g/mol. The second kappa shape index (κ2) is 6.41. The summed E-state index contributed by atoms with van der Waals surface area (Å²) in [6.07, 6.45) is -0.570. The fourth-order valence-electron chi connectivity index (χ4n) is 1.61. The fourth-order valence-corrected chi connectivity index (χ4v) is 1.91. The first kappa shape index (κ1) is 15.3. The maximum Gasteiger partial charge on any atom is 0.254 e. The molecule has 0 bridgehead atoms. The average Bonchev–Trinajstić information content (AvgIpc) is 2.28. The quantitative estimate of drug-likeness (QED) is 0.925. The van der Waals surface area contributed by atoms with E-state index in [2.05, 4.69) is 0 Å². The molecule has 0 heterocycles. The van der Waals surface area contributed by atoms with Crippen molar-refractivity contribution in [2.24, 2.45) is 0 Å². The highest BCUT2D eigenvalue weighted by Crippen LogP contribution is 2.23. The van der Waals surface area contributed by atoms with Gasteiger partial charge < -0.3 is 10.0 Å². The summed E-state index contributed by atoms with van der Waals surface area (Å²) in [7, 11) is 0. The second-order valence-corrected chi connectivity index (χ2v) is 5.34. The number of hydrogen-bond acceptors (Lipinski definition) is 2. The van der Waals surface area contributed by atoms with Crippen molar-refractivity contribution >= 4 is 29.1 Å². The molecule has 0 fully saturated rings. The number of carbonyl (C=O) groups is 1. The van der Waals surface area contributed by atoms with Crippen LogP contribution in [0.25, 0.3) is 0 Å². The standard InChI is InChI=1S/C13H17Cl2NO2/c1-8(2)16(7-9(3)17)13(18)10-4-5-11(14)12(15)6-10/h4-6,8-9,17H,7H2,1-3H3. The lowest BCUT2D eigenvalue weighted by atomic mass is 10.1. The summed E-state index contributed by atoms with van der Waals surface area (Å²) >= 11 is 11.7. The number of amides is 1. The highest BCUT2D eigenvalue weighted by atomic mass is 35.5. The summed E-state index contributed by atoms with van der Waals surface area (Å²) in [5, 5.41) is 10.2. The van der Waals surface area contributed by atoms with Gasteiger partial charge in [-0.25, -0.2) is 0 Å². The van der Waals surface area contributed by atoms with Gasteiger partial charge >= 0.3 is 0 Å². The van der Waals surface area contributed by atoms with Gasteiger partial charge in [-0.3, -0.25) is 4.79 Å². The molecule has 0 saturated carbocycles. The normalized spacial score (nSPS) is 12.6. The first-order chi connectivity index (χ1) is 8.32. The molecule has 1 rings (SSSR count). The molecule has 0 aliphatic heterocycles. The van der Waals surface area contributed by atoms with E-state index >= 15 is 0 Å². The number of nitrogens with zero attached hydrogens (tertiary/aromatic N) is 1. The Balaban J connectivity index is 2.98. The van der Waals surface area contributed by atoms with Gasteiger partial charge in [-0.2, -0.15) is 0 Å². The third-order valence-electron chi connectivity index (χ3n) is 2.51. The van der Waals surface area contributed by atoms with E-state index in [4.69, 9.17) is 23.2 Å². The zero-order chi connectivity index (χ0) is 13.9. The Kier molecular flexibility index (Phi) is 5.45. The Morgan fingerprint density at radius 1 is 1.28 bits per heavy atom. The van der Waals surface area contributed by atoms with Crippen LogP contribution in [-0.2, 0) is 0 Å². The molecule has 0 spiro atoms. The lowest BCUT2D eigenvalue weighted by Crippen LogP contribution is -2.41. The van der Waals surface area contributed by atoms with Crippen LogP contribution < -0.4 is 0 Å². The minimum atomic E-state index is -0.570. The predicted octanol–water partition coefficient (Wildman–Crippen LogP) is 3.22. The molecule has 0 saturated heterocycles. The van der Waals surface area contributed by atoms with E-state index in [0.29, 0.717) is 15.6 Å². The maximum atomic E-state index is 12.3. The zero-order valence-corrected chi connectivity index (χ0v) is 12.2. The van der Waals surface area contributed by atoms with Crippen LogP contribution in [0.2, 0.25) is 10.0 Å². The van der Waals surface area contributed by atoms with E-state index in [1.807, 2.05) is 13.8 Å². The molecule has 0 aliphatic carbocycles. The third-order valence-corrected chi connectivity index (χ3v) is 3.25. The summed E-state index contributed by atoms with van der Waals surface area (Å²) in [4.78, 5) is 13.9. The number of benzene rings is 1. The van der Waals surface area contributed by atoms with Crippen molar-refractivity contribution < 1.29 is 9.90 Å². The van der Waals surface area contributed by atoms with Gasteiger partial charge in [0.05, 0.1) is 16.1 Å². The van der Waals surface area contributed by atoms with Crippen LogP contribution in [-0.4, -0.2) is 34.6 Å². The van der Waals surface area contributed by atoms with Crippen LogP contribution in [0.1, 0.15) is 31.1 Å². The molecule has 1 aromatic rings. The van der Waals surface area contributed by atoms with Gasteiger partial charge in [0.1, 0.15) is 0 Å². The predicted molar refractivity (Wildman–Crippen MR) is 74.3 cm³/mol. The van der Waals surface area contributed by atoms with Crippen LogP contribution in [0.15, 0.2) is 18.2 Å². The number of aliphatic hydroxyl groups is 1. The van der Waals surface area contributed by atoms with Crippen molar-refractivity contribution in [3.05, 3.63) is 33.8 Å². The number of aliphatic hydroxyl groups excluding tert-OH is 1. The number of hydrogen-bond donors (Lipinski definition) is 1. The Morgan fingerprint density at radius 3 is 2.33 bits per heavy atom. The molecule has 1 atom stereocenters. The van der Waals surface area contributed by atoms with Crippen LogP contribution in [0.3, 0.4) is 0 Å². The van der Waals surface area contributed by atoms with E-state index in [9.17, 15) is 9.90 Å². The summed E-state index contributed by atoms with van der Waals surface area (Å²) in [5.41, 5.74) is 0.471. The molecular weight excluding hydrogens is 273 g/mol. The molecule has 1 amide bonds. The molecule has 18 heavy (non-hydrogen) atoms. The number of halogens is 2. The minimum Gasteiger partial charge on any atom is -0.392 e. The van der Waals surface area contributed by atoms with Crippen molar-refractivity contribution in [2.45, 2.75) is 32.9 Å². The van der Waals surface area contributed by atoms with E-state index < -0.39 is 6.10 Å². The summed E-state index contributed by atoms with van der Waals surface area (Å²) in [6, 6.07) is 4.77. The topological polar surface area (TPSA) is 40.5 Å². The van der Waals surface area contributed by atoms with Crippen molar-refractivity contribution in [3.8, 4) is 0 Å². The molecular formula is C13H17Cl2NO2. The highest BCUT2D eigenvalue weighted by molar-refractivity contribution is 6.42. The van der Waals surface area contributed by atoms with Crippen molar-refractivity contribution in [2.75, 3.05) is 6.54 Å². The van der Waals surface area contributed by atoms with Crippen molar-refractivity contribution in [1.29, 1.82) is 0 Å². The van der Waals surface area contributed by atoms with Crippen LogP contribution in [0.4, 0.5) is 0 Å². The smallest absolute Gasteiger partial charge is 0.254 e. The van der Waals surface area contributed by atoms with E-state index in [1.54, 1.807) is 30.0 Å². The SMILES string of the molecule is CC(O)CN(C(=O)c1ccc(Cl)c(Cl)c1)C(C)C. The summed E-state index contributed by atoms with van der Waals surface area (Å²) in [6.45, 7) is 5.74. The molecule has 0 aliphatic rings. The molecule has 5 heteroatoms. The maximum absolute atomic E-state index is 12.3. The third kappa shape index (κ3) is 3.87. The number of carbonyl (C=O) groups excluding carboxylic acids is 1. The number of rotatable bonds is 4. The molecule has 100 valence electrons. The summed E-state index contributed by atoms with van der Waals surface area (Å²) in [5.74, 6) is -0.163. The molecule has 1 N–H and O–H groups in total. The molecule has 0 aromatic heterocycles. The average molecular weight is 290 g/mol. The molecule has 3 nitrogen and oxygen atoms in total. The molecule has 1 aromatic carbocycles. The van der Waals surface area contributed by atoms with Gasteiger partial charge in [0.15, 0.2) is 0 Å². The Bertz CT molecular complexity index is 433. The van der Waals surface area contributed by atoms with E-state index in [-0.39, 0.29) is 18.5 Å². The van der Waals surface area contributed by atoms with Crippen LogP contribution >= 0.6 is 23.2 Å². The van der Waals surface area contributed by atoms with Gasteiger partial charge in [0.2, 0.25) is 0 Å². The summed E-state index contributed by atoms with van der Waals surface area (Å²) < 4.78 is 0. The Labute approximate surface area is 117 Å². The first-order valence-corrected chi connectivity index (χ1v) is 6.52. The fraction of sp³-hybridized carbons (Fsp3) is 0.462. The lowest BCUT2D eigenvalue weighted by molar-refractivity contribution is 0.0579. The first-order valence-electron chi connectivity index (χ1n) is 5.77. The van der Waals surface area contributed by atoms with Gasteiger partial charge in [-0.1, -0.05) is 23.2 Å². The van der Waals surface area contributed by atoms with Crippen LogP contribution in [0, 0.1) is 0 Å². The Hall–Kier alpha value is -0.770. The molecule has 1 unspecified atom stereocenters. The largest absolute Gasteiger partial charge is 0.392 e. The molecule has 0 radical (unpaired) electrons. The minimum absolute atomic E-state index is 0.00144. The van der Waals surface area contributed by atoms with Gasteiger partial charge in [-0.15, -0.1) is 0 Å². The van der Waals surface area contributed by atoms with Gasteiger partial charge in [0.25, 0.3) is 5.91 Å². The highest BCUT2D eigenvalue weighted by Gasteiger charge is 2.20. The zero-order valence-electron chi connectivity index (χ0n) is 10.7. The van der Waals surface area contributed by atoms with Crippen LogP contribution in [0.5, 0.6) is 0 Å². The van der Waals surface area contributed by atoms with Crippen molar-refractivity contribution in [3.63, 3.8) is 0 Å². The van der Waals surface area contributed by atoms with Gasteiger partial charge in [-0.05, 0) is 39.0 Å². The lowest BCUT2D eigenvalue weighted by Gasteiger charge is -2.28. The Morgan fingerprint density at radius 2 is 1.89 bits per heavy atom. The second-order valence-electron chi connectivity index (χ2n) is 4.53. The van der Waals surface area contributed by atoms with E-state index in [0.717, 1.165) is 0 Å². The van der Waals surface area contributed by atoms with Crippen molar-refractivity contribution in [1.82, 2.24) is 4.90 Å². The van der Waals surface area contributed by atoms with E-state index in [1.165, 1.54) is 0 Å².